The van der Waals surface area contributed by atoms with Crippen LogP contribution in [0.5, 0.6) is 0 Å². The Morgan fingerprint density at radius 1 is 1.26 bits per heavy atom. The number of hydrogen-bond acceptors (Lipinski definition) is 3. The number of amides is 1. The lowest BCUT2D eigenvalue weighted by Crippen LogP contribution is -2.28. The zero-order chi connectivity index (χ0) is 13.2. The number of hydrogen-bond donors (Lipinski definition) is 0. The monoisotopic (exact) mass is 256 g/mol. The van der Waals surface area contributed by atoms with Gasteiger partial charge in [-0.15, -0.1) is 0 Å². The molecule has 1 aliphatic heterocycles. The number of carbonyl (C=O) groups is 1. The van der Waals surface area contributed by atoms with Gasteiger partial charge in [-0.2, -0.15) is 5.10 Å². The summed E-state index contributed by atoms with van der Waals surface area (Å²) in [5.74, 6) is 0.139. The SMILES string of the molecule is Cc1cc(-n2cncn2)ccc1C(=O)N1CCCC1. The number of carbonyl (C=O) groups excluding carboxylic acids is 1. The Labute approximate surface area is 111 Å². The van der Waals surface area contributed by atoms with Crippen molar-refractivity contribution in [1.29, 1.82) is 0 Å². The standard InChI is InChI=1S/C14H16N4O/c1-11-8-12(18-10-15-9-16-18)4-5-13(11)14(19)17-6-2-3-7-17/h4-5,8-10H,2-3,6-7H2,1H3. The van der Waals surface area contributed by atoms with Crippen molar-refractivity contribution in [2.75, 3.05) is 13.1 Å². The van der Waals surface area contributed by atoms with E-state index in [1.807, 2.05) is 30.0 Å². The predicted molar refractivity (Wildman–Crippen MR) is 71.2 cm³/mol. The van der Waals surface area contributed by atoms with Crippen molar-refractivity contribution in [3.8, 4) is 5.69 Å². The average Bonchev–Trinajstić information content (AvgIpc) is 3.11. The molecule has 1 aromatic heterocycles. The molecule has 0 saturated carbocycles. The van der Waals surface area contributed by atoms with Crippen LogP contribution in [0, 0.1) is 6.92 Å². The van der Waals surface area contributed by atoms with Crippen molar-refractivity contribution in [2.45, 2.75) is 19.8 Å². The summed E-state index contributed by atoms with van der Waals surface area (Å²) in [6, 6.07) is 5.76. The molecule has 98 valence electrons. The third-order valence-corrected chi connectivity index (χ3v) is 3.52. The van der Waals surface area contributed by atoms with Crippen LogP contribution in [0.3, 0.4) is 0 Å². The first kappa shape index (κ1) is 11.9. The number of aryl methyl sites for hydroxylation is 1. The van der Waals surface area contributed by atoms with Gasteiger partial charge in [0.2, 0.25) is 0 Å². The fourth-order valence-electron chi connectivity index (χ4n) is 2.46. The second-order valence-electron chi connectivity index (χ2n) is 4.84. The van der Waals surface area contributed by atoms with Crippen molar-refractivity contribution in [1.82, 2.24) is 19.7 Å². The van der Waals surface area contributed by atoms with Crippen LogP contribution in [-0.4, -0.2) is 38.7 Å². The average molecular weight is 256 g/mol. The molecule has 1 fully saturated rings. The van der Waals surface area contributed by atoms with E-state index in [9.17, 15) is 4.79 Å². The normalized spacial score (nSPS) is 14.9. The van der Waals surface area contributed by atoms with Crippen molar-refractivity contribution in [3.05, 3.63) is 42.0 Å². The van der Waals surface area contributed by atoms with Crippen molar-refractivity contribution in [3.63, 3.8) is 0 Å². The van der Waals surface area contributed by atoms with Crippen LogP contribution in [-0.2, 0) is 0 Å². The van der Waals surface area contributed by atoms with E-state index in [2.05, 4.69) is 10.1 Å². The minimum atomic E-state index is 0.139. The summed E-state index contributed by atoms with van der Waals surface area (Å²) in [7, 11) is 0. The minimum Gasteiger partial charge on any atom is -0.339 e. The van der Waals surface area contributed by atoms with Gasteiger partial charge in [-0.3, -0.25) is 4.79 Å². The summed E-state index contributed by atoms with van der Waals surface area (Å²) in [6.07, 6.45) is 5.37. The molecule has 1 amide bonds. The Kier molecular flexibility index (Phi) is 3.03. The van der Waals surface area contributed by atoms with E-state index in [1.165, 1.54) is 6.33 Å². The van der Waals surface area contributed by atoms with Gasteiger partial charge in [0.1, 0.15) is 12.7 Å². The zero-order valence-electron chi connectivity index (χ0n) is 10.9. The molecule has 3 rings (SSSR count). The first-order chi connectivity index (χ1) is 9.25. The highest BCUT2D eigenvalue weighted by Gasteiger charge is 2.20. The quantitative estimate of drug-likeness (QED) is 0.823. The maximum absolute atomic E-state index is 12.4. The number of rotatable bonds is 2. The van der Waals surface area contributed by atoms with Gasteiger partial charge in [0.15, 0.2) is 0 Å². The summed E-state index contributed by atoms with van der Waals surface area (Å²) in [5, 5.41) is 4.09. The lowest BCUT2D eigenvalue weighted by Gasteiger charge is -2.17. The lowest BCUT2D eigenvalue weighted by atomic mass is 10.1. The highest BCUT2D eigenvalue weighted by Crippen LogP contribution is 2.18. The van der Waals surface area contributed by atoms with Gasteiger partial charge < -0.3 is 4.90 Å². The Balaban J connectivity index is 1.89. The lowest BCUT2D eigenvalue weighted by molar-refractivity contribution is 0.0792. The van der Waals surface area contributed by atoms with Gasteiger partial charge in [0, 0.05) is 18.7 Å². The molecule has 0 radical (unpaired) electrons. The van der Waals surface area contributed by atoms with Gasteiger partial charge in [-0.05, 0) is 43.5 Å². The second kappa shape index (κ2) is 4.84. The molecule has 0 atom stereocenters. The predicted octanol–water partition coefficient (Wildman–Crippen LogP) is 1.81. The summed E-state index contributed by atoms with van der Waals surface area (Å²) in [4.78, 5) is 18.2. The molecular formula is C14H16N4O. The van der Waals surface area contributed by atoms with Crippen LogP contribution in [0.25, 0.3) is 5.69 Å². The van der Waals surface area contributed by atoms with E-state index in [0.717, 1.165) is 42.7 Å². The van der Waals surface area contributed by atoms with E-state index in [-0.39, 0.29) is 5.91 Å². The third kappa shape index (κ3) is 2.23. The molecule has 5 nitrogen and oxygen atoms in total. The van der Waals surface area contributed by atoms with Gasteiger partial charge in [-0.25, -0.2) is 9.67 Å². The maximum atomic E-state index is 12.4. The van der Waals surface area contributed by atoms with E-state index in [1.54, 1.807) is 11.0 Å². The highest BCUT2D eigenvalue weighted by molar-refractivity contribution is 5.96. The maximum Gasteiger partial charge on any atom is 0.254 e. The molecule has 2 aromatic rings. The van der Waals surface area contributed by atoms with Crippen LogP contribution in [0.4, 0.5) is 0 Å². The Bertz CT molecular complexity index is 585. The Hall–Kier alpha value is -2.17. The van der Waals surface area contributed by atoms with Gasteiger partial charge in [0.25, 0.3) is 5.91 Å². The zero-order valence-corrected chi connectivity index (χ0v) is 10.9. The number of nitrogens with zero attached hydrogens (tertiary/aromatic N) is 4. The minimum absolute atomic E-state index is 0.139. The van der Waals surface area contributed by atoms with Gasteiger partial charge >= 0.3 is 0 Å². The summed E-state index contributed by atoms with van der Waals surface area (Å²) >= 11 is 0. The molecule has 0 aliphatic carbocycles. The van der Waals surface area contributed by atoms with E-state index < -0.39 is 0 Å². The topological polar surface area (TPSA) is 51.0 Å². The van der Waals surface area contributed by atoms with Crippen LogP contribution in [0.1, 0.15) is 28.8 Å². The molecule has 0 N–H and O–H groups in total. The first-order valence-electron chi connectivity index (χ1n) is 6.50. The molecule has 5 heteroatoms. The summed E-state index contributed by atoms with van der Waals surface area (Å²) < 4.78 is 1.69. The molecule has 1 aliphatic rings. The van der Waals surface area contributed by atoms with Crippen LogP contribution in [0.15, 0.2) is 30.9 Å². The molecule has 0 bridgehead atoms. The first-order valence-corrected chi connectivity index (χ1v) is 6.50. The molecule has 1 saturated heterocycles. The highest BCUT2D eigenvalue weighted by atomic mass is 16.2. The van der Waals surface area contributed by atoms with Gasteiger partial charge in [-0.1, -0.05) is 0 Å². The number of likely N-dealkylation sites (tertiary alicyclic amines) is 1. The third-order valence-electron chi connectivity index (χ3n) is 3.52. The van der Waals surface area contributed by atoms with E-state index in [0.29, 0.717) is 0 Å². The smallest absolute Gasteiger partial charge is 0.254 e. The molecule has 0 unspecified atom stereocenters. The fraction of sp³-hybridized carbons (Fsp3) is 0.357. The molecule has 2 heterocycles. The Morgan fingerprint density at radius 3 is 2.68 bits per heavy atom. The summed E-state index contributed by atoms with van der Waals surface area (Å²) in [6.45, 7) is 3.72. The second-order valence-corrected chi connectivity index (χ2v) is 4.84. The summed E-state index contributed by atoms with van der Waals surface area (Å²) in [5.41, 5.74) is 2.68. The van der Waals surface area contributed by atoms with Gasteiger partial charge in [0.05, 0.1) is 5.69 Å². The Morgan fingerprint density at radius 2 is 2.05 bits per heavy atom. The van der Waals surface area contributed by atoms with E-state index in [4.69, 9.17) is 0 Å². The van der Waals surface area contributed by atoms with Crippen molar-refractivity contribution >= 4 is 5.91 Å². The van der Waals surface area contributed by atoms with Crippen LogP contribution >= 0.6 is 0 Å². The fourth-order valence-corrected chi connectivity index (χ4v) is 2.46. The number of aromatic nitrogens is 3. The molecule has 1 aromatic carbocycles. The molecular weight excluding hydrogens is 240 g/mol. The van der Waals surface area contributed by atoms with Crippen LogP contribution < -0.4 is 0 Å². The number of benzene rings is 1. The van der Waals surface area contributed by atoms with Crippen molar-refractivity contribution in [2.24, 2.45) is 0 Å². The van der Waals surface area contributed by atoms with Crippen molar-refractivity contribution < 1.29 is 4.79 Å². The van der Waals surface area contributed by atoms with E-state index >= 15 is 0 Å². The molecule has 19 heavy (non-hydrogen) atoms. The largest absolute Gasteiger partial charge is 0.339 e. The molecule has 0 spiro atoms. The van der Waals surface area contributed by atoms with Crippen LogP contribution in [0.2, 0.25) is 0 Å².